The van der Waals surface area contributed by atoms with Gasteiger partial charge in [-0.1, -0.05) is 18.2 Å². The number of carbonyl (C=O) groups is 1. The van der Waals surface area contributed by atoms with Crippen LogP contribution in [0.25, 0.3) is 22.1 Å². The Morgan fingerprint density at radius 3 is 2.82 bits per heavy atom. The van der Waals surface area contributed by atoms with E-state index in [-0.39, 0.29) is 11.9 Å². The molecule has 0 bridgehead atoms. The number of fused-ring (bicyclic) bond motifs is 2. The number of ether oxygens (including phenoxy) is 1. The second kappa shape index (κ2) is 9.60. The molecule has 4 heterocycles. The molecule has 0 aliphatic carbocycles. The zero-order valence-electron chi connectivity index (χ0n) is 20.3. The number of rotatable bonds is 7. The van der Waals surface area contributed by atoms with Crippen LogP contribution in [0, 0.1) is 0 Å². The van der Waals surface area contributed by atoms with Crippen LogP contribution in [0.5, 0.6) is 11.5 Å². The summed E-state index contributed by atoms with van der Waals surface area (Å²) in [5.74, 6) is 2.01. The summed E-state index contributed by atoms with van der Waals surface area (Å²) in [6.45, 7) is 4.68. The summed E-state index contributed by atoms with van der Waals surface area (Å²) >= 11 is 6.55. The first kappa shape index (κ1) is 23.6. The first-order valence-corrected chi connectivity index (χ1v) is 12.2. The van der Waals surface area contributed by atoms with Crippen LogP contribution in [-0.4, -0.2) is 54.5 Å². The van der Waals surface area contributed by atoms with Crippen LogP contribution in [0.4, 0.5) is 17.5 Å². The number of hydrogen-bond acceptors (Lipinski definition) is 9. The molecular formula is C26H22ClN9O2. The molecule has 0 atom stereocenters. The van der Waals surface area contributed by atoms with E-state index in [1.165, 1.54) is 12.4 Å². The van der Waals surface area contributed by atoms with E-state index in [1.54, 1.807) is 24.7 Å². The van der Waals surface area contributed by atoms with Gasteiger partial charge < -0.3 is 24.8 Å². The summed E-state index contributed by atoms with van der Waals surface area (Å²) in [5, 5.41) is 6.56. The number of benzene rings is 2. The number of aromatic nitrogens is 6. The monoisotopic (exact) mass is 527 g/mol. The van der Waals surface area contributed by atoms with Gasteiger partial charge in [-0.25, -0.2) is 24.9 Å². The molecule has 1 aliphatic rings. The van der Waals surface area contributed by atoms with E-state index in [9.17, 15) is 4.79 Å². The third-order valence-corrected chi connectivity index (χ3v) is 6.48. The van der Waals surface area contributed by atoms with Crippen molar-refractivity contribution in [2.75, 3.05) is 23.3 Å². The summed E-state index contributed by atoms with van der Waals surface area (Å²) < 4.78 is 7.96. The maximum Gasteiger partial charge on any atom is 0.243 e. The fraction of sp³-hybridized carbons (Fsp3) is 0.154. The number of anilines is 3. The Labute approximate surface area is 222 Å². The van der Waals surface area contributed by atoms with Gasteiger partial charge in [-0.3, -0.25) is 4.79 Å². The summed E-state index contributed by atoms with van der Waals surface area (Å²) in [5.41, 5.74) is 3.72. The predicted molar refractivity (Wildman–Crippen MR) is 145 cm³/mol. The van der Waals surface area contributed by atoms with Gasteiger partial charge in [0.2, 0.25) is 11.9 Å². The summed E-state index contributed by atoms with van der Waals surface area (Å²) in [6.07, 6.45) is 6.13. The Morgan fingerprint density at radius 2 is 2.00 bits per heavy atom. The van der Waals surface area contributed by atoms with Crippen LogP contribution < -0.4 is 20.3 Å². The van der Waals surface area contributed by atoms with Gasteiger partial charge in [0.05, 0.1) is 34.6 Å². The van der Waals surface area contributed by atoms with Crippen molar-refractivity contribution in [2.24, 2.45) is 7.05 Å². The Balaban J connectivity index is 1.19. The highest BCUT2D eigenvalue weighted by Gasteiger charge is 2.29. The fourth-order valence-corrected chi connectivity index (χ4v) is 4.41. The molecule has 0 saturated carbocycles. The highest BCUT2D eigenvalue weighted by atomic mass is 35.5. The van der Waals surface area contributed by atoms with Crippen LogP contribution >= 0.6 is 11.6 Å². The molecule has 0 unspecified atom stereocenters. The summed E-state index contributed by atoms with van der Waals surface area (Å²) in [6, 6.07) is 11.1. The topological polar surface area (TPSA) is 123 Å². The number of hydrogen-bond donors (Lipinski definition) is 2. The first-order valence-electron chi connectivity index (χ1n) is 11.8. The van der Waals surface area contributed by atoms with Crippen LogP contribution in [0.3, 0.4) is 0 Å². The maximum atomic E-state index is 11.5. The van der Waals surface area contributed by atoms with E-state index in [0.717, 1.165) is 11.0 Å². The van der Waals surface area contributed by atoms with E-state index < -0.39 is 0 Å². The van der Waals surface area contributed by atoms with Crippen LogP contribution in [0.2, 0.25) is 5.02 Å². The number of amides is 1. The third-order valence-electron chi connectivity index (χ3n) is 6.18. The molecular weight excluding hydrogens is 506 g/mol. The zero-order valence-corrected chi connectivity index (χ0v) is 21.1. The quantitative estimate of drug-likeness (QED) is 0.302. The Hall–Kier alpha value is -4.77. The lowest BCUT2D eigenvalue weighted by Crippen LogP contribution is -2.59. The Bertz CT molecular complexity index is 1700. The minimum absolute atomic E-state index is 0.0261. The minimum Gasteiger partial charge on any atom is -0.456 e. The van der Waals surface area contributed by atoms with Crippen molar-refractivity contribution in [1.82, 2.24) is 34.8 Å². The van der Waals surface area contributed by atoms with Crippen LogP contribution in [-0.2, 0) is 11.8 Å². The van der Waals surface area contributed by atoms with Crippen molar-refractivity contribution in [2.45, 2.75) is 6.04 Å². The van der Waals surface area contributed by atoms with Gasteiger partial charge in [0.15, 0.2) is 5.82 Å². The average Bonchev–Trinajstić information content (AvgIpc) is 3.27. The normalized spacial score (nSPS) is 13.4. The molecule has 190 valence electrons. The zero-order chi connectivity index (χ0) is 26.2. The molecule has 0 radical (unpaired) electrons. The minimum atomic E-state index is -0.196. The fourth-order valence-electron chi connectivity index (χ4n) is 4.19. The average molecular weight is 528 g/mol. The number of nitrogens with one attached hydrogen (secondary N) is 2. The van der Waals surface area contributed by atoms with Gasteiger partial charge in [-0.15, -0.1) is 0 Å². The number of aryl methyl sites for hydroxylation is 1. The molecule has 5 aromatic rings. The number of halogens is 1. The lowest BCUT2D eigenvalue weighted by atomic mass is 10.1. The van der Waals surface area contributed by atoms with Crippen LogP contribution in [0.1, 0.15) is 0 Å². The lowest BCUT2D eigenvalue weighted by molar-refractivity contribution is -0.117. The molecule has 3 aromatic heterocycles. The van der Waals surface area contributed by atoms with Gasteiger partial charge in [0.25, 0.3) is 0 Å². The van der Waals surface area contributed by atoms with Crippen molar-refractivity contribution < 1.29 is 9.53 Å². The Morgan fingerprint density at radius 1 is 1.13 bits per heavy atom. The molecule has 1 saturated heterocycles. The molecule has 2 N–H and O–H groups in total. The molecule has 2 aromatic carbocycles. The van der Waals surface area contributed by atoms with Gasteiger partial charge >= 0.3 is 0 Å². The van der Waals surface area contributed by atoms with E-state index in [0.29, 0.717) is 58.1 Å². The number of carbonyl (C=O) groups excluding carboxylic acids is 1. The number of imidazole rings is 1. The highest BCUT2D eigenvalue weighted by molar-refractivity contribution is 6.32. The molecule has 11 nitrogen and oxygen atoms in total. The Kier molecular flexibility index (Phi) is 5.97. The first-order chi connectivity index (χ1) is 18.5. The second-order valence-electron chi connectivity index (χ2n) is 8.82. The van der Waals surface area contributed by atoms with E-state index in [4.69, 9.17) is 16.3 Å². The molecule has 1 fully saturated rings. The van der Waals surface area contributed by atoms with Crippen molar-refractivity contribution in [3.63, 3.8) is 0 Å². The summed E-state index contributed by atoms with van der Waals surface area (Å²) in [7, 11) is 1.94. The van der Waals surface area contributed by atoms with E-state index in [1.807, 2.05) is 40.8 Å². The smallest absolute Gasteiger partial charge is 0.243 e. The van der Waals surface area contributed by atoms with Crippen molar-refractivity contribution in [1.29, 1.82) is 0 Å². The largest absolute Gasteiger partial charge is 0.456 e. The van der Waals surface area contributed by atoms with E-state index in [2.05, 4.69) is 42.1 Å². The van der Waals surface area contributed by atoms with Gasteiger partial charge in [-0.2, -0.15) is 0 Å². The second-order valence-corrected chi connectivity index (χ2v) is 9.23. The predicted octanol–water partition coefficient (Wildman–Crippen LogP) is 3.99. The molecule has 1 aliphatic heterocycles. The molecule has 1 amide bonds. The SMILES string of the molecule is C=CC(=O)NC1CN(c2ncc3ncnc(Nc4ccc(Oc5ccc6c(c5)ncn6C)c(Cl)c4)c3n2)C1. The van der Waals surface area contributed by atoms with E-state index >= 15 is 0 Å². The third kappa shape index (κ3) is 4.55. The molecule has 0 spiro atoms. The number of nitrogens with zero attached hydrogens (tertiary/aromatic N) is 7. The summed E-state index contributed by atoms with van der Waals surface area (Å²) in [4.78, 5) is 35.6. The van der Waals surface area contributed by atoms with Gasteiger partial charge in [-0.05, 0) is 36.4 Å². The van der Waals surface area contributed by atoms with Crippen molar-refractivity contribution in [3.05, 3.63) is 72.9 Å². The lowest BCUT2D eigenvalue weighted by Gasteiger charge is -2.39. The van der Waals surface area contributed by atoms with Gasteiger partial charge in [0.1, 0.15) is 28.9 Å². The van der Waals surface area contributed by atoms with Crippen molar-refractivity contribution in [3.8, 4) is 11.5 Å². The molecule has 6 rings (SSSR count). The van der Waals surface area contributed by atoms with Gasteiger partial charge in [0, 0.05) is 31.9 Å². The molecule has 38 heavy (non-hydrogen) atoms. The van der Waals surface area contributed by atoms with Crippen molar-refractivity contribution >= 4 is 57.0 Å². The highest BCUT2D eigenvalue weighted by Crippen LogP contribution is 2.34. The van der Waals surface area contributed by atoms with Crippen LogP contribution in [0.15, 0.2) is 67.9 Å². The molecule has 12 heteroatoms. The maximum absolute atomic E-state index is 11.5. The standard InChI is InChI=1S/C26H22ClN9O2/c1-3-23(37)32-16-11-36(12-16)26-28-10-20-24(34-26)25(30-13-29-20)33-15-4-7-22(18(27)8-15)38-17-5-6-21-19(9-17)31-14-35(21)2/h3-10,13-14,16H,1,11-12H2,2H3,(H,32,37)(H,29,30,33).